The second kappa shape index (κ2) is 5.69. The van der Waals surface area contributed by atoms with Gasteiger partial charge >= 0.3 is 0 Å². The van der Waals surface area contributed by atoms with Crippen LogP contribution in [0.2, 0.25) is 0 Å². The monoisotopic (exact) mass is 227 g/mol. The molecule has 2 N–H and O–H groups in total. The highest BCUT2D eigenvalue weighted by molar-refractivity contribution is 7.99. The number of rotatable bonds is 4. The molecule has 0 saturated heterocycles. The van der Waals surface area contributed by atoms with E-state index in [1.54, 1.807) is 23.5 Å². The van der Waals surface area contributed by atoms with Crippen LogP contribution < -0.4 is 5.73 Å². The molecule has 0 spiro atoms. The van der Waals surface area contributed by atoms with Crippen molar-refractivity contribution < 1.29 is 0 Å². The van der Waals surface area contributed by atoms with Crippen LogP contribution in [-0.2, 0) is 0 Å². The Morgan fingerprint density at radius 2 is 2.00 bits per heavy atom. The molecule has 1 aromatic rings. The molecule has 0 radical (unpaired) electrons. The van der Waals surface area contributed by atoms with E-state index in [1.807, 2.05) is 0 Å². The van der Waals surface area contributed by atoms with Gasteiger partial charge in [0.25, 0.3) is 0 Å². The van der Waals surface area contributed by atoms with Crippen molar-refractivity contribution in [1.29, 1.82) is 0 Å². The summed E-state index contributed by atoms with van der Waals surface area (Å²) in [7, 11) is 0. The molecule has 0 amide bonds. The molecule has 0 aliphatic carbocycles. The molecule has 1 rings (SSSR count). The fourth-order valence-electron chi connectivity index (χ4n) is 1.35. The van der Waals surface area contributed by atoms with Crippen LogP contribution >= 0.6 is 23.5 Å². The average molecular weight is 227 g/mol. The lowest BCUT2D eigenvalue weighted by molar-refractivity contribution is 0.756. The van der Waals surface area contributed by atoms with Crippen LogP contribution in [-0.4, -0.2) is 19.1 Å². The van der Waals surface area contributed by atoms with E-state index in [1.165, 1.54) is 15.4 Å². The molecule has 0 saturated carbocycles. The molecule has 3 heteroatoms. The summed E-state index contributed by atoms with van der Waals surface area (Å²) in [4.78, 5) is 2.68. The fourth-order valence-corrected chi connectivity index (χ4v) is 2.62. The van der Waals surface area contributed by atoms with Crippen LogP contribution in [0, 0.1) is 0 Å². The highest BCUT2D eigenvalue weighted by Crippen LogP contribution is 2.30. The number of benzene rings is 1. The maximum absolute atomic E-state index is 5.68. The first kappa shape index (κ1) is 12.0. The van der Waals surface area contributed by atoms with Crippen molar-refractivity contribution >= 4 is 23.5 Å². The molecule has 1 atom stereocenters. The van der Waals surface area contributed by atoms with Crippen molar-refractivity contribution in [3.8, 4) is 0 Å². The summed E-state index contributed by atoms with van der Waals surface area (Å²) in [5.41, 5.74) is 7.06. The lowest BCUT2D eigenvalue weighted by Crippen LogP contribution is -2.09. The summed E-state index contributed by atoms with van der Waals surface area (Å²) in [6.07, 6.45) is 4.22. The van der Waals surface area contributed by atoms with E-state index in [2.05, 4.69) is 37.6 Å². The van der Waals surface area contributed by atoms with Crippen LogP contribution in [0.25, 0.3) is 0 Å². The quantitative estimate of drug-likeness (QED) is 0.800. The van der Waals surface area contributed by atoms with Gasteiger partial charge in [0.15, 0.2) is 0 Å². The Bertz CT molecular complexity index is 299. The zero-order valence-corrected chi connectivity index (χ0v) is 10.5. The van der Waals surface area contributed by atoms with Gasteiger partial charge in [-0.2, -0.15) is 0 Å². The minimum Gasteiger partial charge on any atom is -0.330 e. The third-order valence-corrected chi connectivity index (χ3v) is 3.84. The van der Waals surface area contributed by atoms with Gasteiger partial charge in [-0.3, -0.25) is 0 Å². The van der Waals surface area contributed by atoms with Crippen LogP contribution in [0.3, 0.4) is 0 Å². The summed E-state index contributed by atoms with van der Waals surface area (Å²) < 4.78 is 0. The summed E-state index contributed by atoms with van der Waals surface area (Å²) >= 11 is 3.58. The van der Waals surface area contributed by atoms with E-state index in [0.29, 0.717) is 12.5 Å². The zero-order chi connectivity index (χ0) is 10.6. The molecule has 0 aliphatic heterocycles. The Balaban J connectivity index is 3.04. The highest BCUT2D eigenvalue weighted by Gasteiger charge is 2.08. The zero-order valence-electron chi connectivity index (χ0n) is 8.91. The molecular formula is C11H17NS2. The molecular weight excluding hydrogens is 210 g/mol. The number of nitrogens with two attached hydrogens (primary N) is 1. The Morgan fingerprint density at radius 1 is 1.29 bits per heavy atom. The van der Waals surface area contributed by atoms with Crippen molar-refractivity contribution in [2.75, 3.05) is 19.1 Å². The third-order valence-electron chi connectivity index (χ3n) is 2.33. The molecule has 14 heavy (non-hydrogen) atoms. The SMILES string of the molecule is CSc1ccc(C(C)CN)c(SC)c1. The van der Waals surface area contributed by atoms with Gasteiger partial charge in [-0.15, -0.1) is 23.5 Å². The van der Waals surface area contributed by atoms with Crippen LogP contribution in [0.1, 0.15) is 18.4 Å². The van der Waals surface area contributed by atoms with E-state index in [0.717, 1.165) is 0 Å². The second-order valence-electron chi connectivity index (χ2n) is 3.24. The maximum atomic E-state index is 5.68. The second-order valence-corrected chi connectivity index (χ2v) is 4.97. The Hall–Kier alpha value is -0.120. The largest absolute Gasteiger partial charge is 0.330 e. The molecule has 78 valence electrons. The minimum atomic E-state index is 0.452. The van der Waals surface area contributed by atoms with Gasteiger partial charge in [-0.25, -0.2) is 0 Å². The molecule has 0 aromatic heterocycles. The molecule has 0 aliphatic rings. The molecule has 1 nitrogen and oxygen atoms in total. The Kier molecular flexibility index (Phi) is 4.85. The van der Waals surface area contributed by atoms with Crippen molar-refractivity contribution in [3.63, 3.8) is 0 Å². The normalized spacial score (nSPS) is 12.9. The number of hydrogen-bond donors (Lipinski definition) is 1. The first-order valence-corrected chi connectivity index (χ1v) is 7.09. The highest BCUT2D eigenvalue weighted by atomic mass is 32.2. The van der Waals surface area contributed by atoms with E-state index in [-0.39, 0.29) is 0 Å². The van der Waals surface area contributed by atoms with Gasteiger partial charge in [0.05, 0.1) is 0 Å². The Labute approximate surface area is 94.8 Å². The van der Waals surface area contributed by atoms with Crippen molar-refractivity contribution in [1.82, 2.24) is 0 Å². The smallest absolute Gasteiger partial charge is 0.0115 e. The summed E-state index contributed by atoms with van der Waals surface area (Å²) in [6.45, 7) is 2.89. The Morgan fingerprint density at radius 3 is 2.50 bits per heavy atom. The molecule has 1 aromatic carbocycles. The standard InChI is InChI=1S/C11H17NS2/c1-8(7-12)10-5-4-9(13-2)6-11(10)14-3/h4-6,8H,7,12H2,1-3H3. The van der Waals surface area contributed by atoms with E-state index in [9.17, 15) is 0 Å². The van der Waals surface area contributed by atoms with E-state index >= 15 is 0 Å². The average Bonchev–Trinajstić information content (AvgIpc) is 2.27. The van der Waals surface area contributed by atoms with Gasteiger partial charge in [-0.05, 0) is 42.7 Å². The van der Waals surface area contributed by atoms with Gasteiger partial charge in [0, 0.05) is 9.79 Å². The fraction of sp³-hybridized carbons (Fsp3) is 0.455. The van der Waals surface area contributed by atoms with Crippen LogP contribution in [0.4, 0.5) is 0 Å². The van der Waals surface area contributed by atoms with E-state index < -0.39 is 0 Å². The maximum Gasteiger partial charge on any atom is 0.0115 e. The van der Waals surface area contributed by atoms with Gasteiger partial charge < -0.3 is 5.73 Å². The summed E-state index contributed by atoms with van der Waals surface area (Å²) in [5, 5.41) is 0. The van der Waals surface area contributed by atoms with E-state index in [4.69, 9.17) is 5.73 Å². The third kappa shape index (κ3) is 2.69. The molecule has 1 unspecified atom stereocenters. The van der Waals surface area contributed by atoms with Gasteiger partial charge in [0.1, 0.15) is 0 Å². The van der Waals surface area contributed by atoms with Crippen LogP contribution in [0.5, 0.6) is 0 Å². The van der Waals surface area contributed by atoms with Gasteiger partial charge in [0.2, 0.25) is 0 Å². The van der Waals surface area contributed by atoms with Gasteiger partial charge in [-0.1, -0.05) is 13.0 Å². The molecule has 0 bridgehead atoms. The topological polar surface area (TPSA) is 26.0 Å². The molecule has 0 heterocycles. The summed E-state index contributed by atoms with van der Waals surface area (Å²) in [6, 6.07) is 6.62. The predicted octanol–water partition coefficient (Wildman–Crippen LogP) is 3.19. The van der Waals surface area contributed by atoms with Crippen molar-refractivity contribution in [2.45, 2.75) is 22.6 Å². The lowest BCUT2D eigenvalue weighted by atomic mass is 10.0. The molecule has 0 fully saturated rings. The minimum absolute atomic E-state index is 0.452. The lowest BCUT2D eigenvalue weighted by Gasteiger charge is -2.14. The number of hydrogen-bond acceptors (Lipinski definition) is 3. The van der Waals surface area contributed by atoms with Crippen LogP contribution in [0.15, 0.2) is 28.0 Å². The predicted molar refractivity (Wildman–Crippen MR) is 67.5 cm³/mol. The number of thioether (sulfide) groups is 2. The van der Waals surface area contributed by atoms with Crippen molar-refractivity contribution in [3.05, 3.63) is 23.8 Å². The first-order chi connectivity index (χ1) is 6.72. The first-order valence-electron chi connectivity index (χ1n) is 4.65. The van der Waals surface area contributed by atoms with Crippen molar-refractivity contribution in [2.24, 2.45) is 5.73 Å². The summed E-state index contributed by atoms with van der Waals surface area (Å²) in [5.74, 6) is 0.452.